The van der Waals surface area contributed by atoms with Crippen LogP contribution in [0.3, 0.4) is 0 Å². The molecule has 0 bridgehead atoms. The van der Waals surface area contributed by atoms with Crippen molar-refractivity contribution in [3.05, 3.63) is 83.7 Å². The van der Waals surface area contributed by atoms with Gasteiger partial charge in [0.25, 0.3) is 5.22 Å². The highest BCUT2D eigenvalue weighted by Gasteiger charge is 2.55. The fraction of sp³-hybridized carbons (Fsp3) is 0.292. The molecule has 0 spiro atoms. The van der Waals surface area contributed by atoms with Crippen molar-refractivity contribution in [3.63, 3.8) is 0 Å². The lowest BCUT2D eigenvalue weighted by Gasteiger charge is -2.30. The minimum atomic E-state index is -1.91. The normalized spacial score (nSPS) is 22.8. The Morgan fingerprint density at radius 3 is 2.32 bits per heavy atom. The van der Waals surface area contributed by atoms with Gasteiger partial charge in [0.05, 0.1) is 23.9 Å². The number of oxazole rings is 1. The van der Waals surface area contributed by atoms with Crippen LogP contribution < -0.4 is 0 Å². The maximum absolute atomic E-state index is 12.8. The van der Waals surface area contributed by atoms with E-state index in [0.717, 1.165) is 0 Å². The van der Waals surface area contributed by atoms with E-state index in [-0.39, 0.29) is 17.9 Å². The second kappa shape index (κ2) is 10.4. The Bertz CT molecular complexity index is 1120. The molecule has 2 heterocycles. The van der Waals surface area contributed by atoms with E-state index < -0.39 is 42.5 Å². The van der Waals surface area contributed by atoms with E-state index in [1.54, 1.807) is 66.9 Å². The van der Waals surface area contributed by atoms with E-state index in [1.807, 2.05) is 0 Å². The first-order chi connectivity index (χ1) is 16.4. The molecule has 10 heteroatoms. The van der Waals surface area contributed by atoms with Gasteiger partial charge in [0.1, 0.15) is 18.8 Å². The van der Waals surface area contributed by atoms with Crippen LogP contribution in [0.15, 0.2) is 76.5 Å². The van der Waals surface area contributed by atoms with Crippen molar-refractivity contribution >= 4 is 23.7 Å². The minimum absolute atomic E-state index is 0.0839. The molecule has 0 aliphatic carbocycles. The number of ether oxygens (including phenoxy) is 3. The van der Waals surface area contributed by atoms with Crippen molar-refractivity contribution in [1.29, 1.82) is 0 Å². The largest absolute Gasteiger partial charge is 0.459 e. The maximum atomic E-state index is 12.8. The molecule has 1 fully saturated rings. The van der Waals surface area contributed by atoms with Crippen LogP contribution in [-0.4, -0.2) is 64.4 Å². The molecule has 1 aliphatic rings. The summed E-state index contributed by atoms with van der Waals surface area (Å²) < 4.78 is 22.0. The predicted molar refractivity (Wildman–Crippen MR) is 120 cm³/mol. The average Bonchev–Trinajstić information content (AvgIpc) is 3.48. The first kappa shape index (κ1) is 24.0. The summed E-state index contributed by atoms with van der Waals surface area (Å²) in [6.45, 7) is -0.879. The first-order valence-corrected chi connectivity index (χ1v) is 11.6. The Kier molecular flexibility index (Phi) is 7.32. The molecule has 4 atom stereocenters. The van der Waals surface area contributed by atoms with Crippen molar-refractivity contribution in [1.82, 2.24) is 4.98 Å². The van der Waals surface area contributed by atoms with Gasteiger partial charge < -0.3 is 28.8 Å². The number of esters is 2. The van der Waals surface area contributed by atoms with Crippen molar-refractivity contribution in [2.45, 2.75) is 29.1 Å². The summed E-state index contributed by atoms with van der Waals surface area (Å²) in [4.78, 5) is 29.2. The van der Waals surface area contributed by atoms with Gasteiger partial charge in [-0.05, 0) is 30.5 Å². The molecule has 9 nitrogen and oxygen atoms in total. The summed E-state index contributed by atoms with van der Waals surface area (Å²) in [5.41, 5.74) is -1.37. The zero-order valence-corrected chi connectivity index (χ0v) is 19.0. The fourth-order valence-corrected chi connectivity index (χ4v) is 3.88. The number of carbonyl (C=O) groups excluding carboxylic acids is 2. The van der Waals surface area contributed by atoms with Crippen LogP contribution >= 0.6 is 11.8 Å². The predicted octanol–water partition coefficient (Wildman–Crippen LogP) is 2.64. The lowest BCUT2D eigenvalue weighted by molar-refractivity contribution is -0.106. The Morgan fingerprint density at radius 1 is 1.12 bits per heavy atom. The summed E-state index contributed by atoms with van der Waals surface area (Å²) in [5, 5.41) is 22.5. The molecule has 1 aromatic heterocycles. The monoisotopic (exact) mass is 485 g/mol. The van der Waals surface area contributed by atoms with E-state index >= 15 is 0 Å². The second-order valence-corrected chi connectivity index (χ2v) is 8.45. The average molecular weight is 486 g/mol. The summed E-state index contributed by atoms with van der Waals surface area (Å²) in [7, 11) is 0. The van der Waals surface area contributed by atoms with Gasteiger partial charge in [-0.2, -0.15) is 0 Å². The third-order valence-corrected chi connectivity index (χ3v) is 5.88. The summed E-state index contributed by atoms with van der Waals surface area (Å²) in [6, 6.07) is 16.5. The maximum Gasteiger partial charge on any atom is 0.338 e. The van der Waals surface area contributed by atoms with Gasteiger partial charge in [-0.3, -0.25) is 0 Å². The zero-order chi connectivity index (χ0) is 24.1. The number of aliphatic hydroxyl groups is 2. The number of thioether (sulfide) groups is 1. The molecule has 2 aromatic carbocycles. The summed E-state index contributed by atoms with van der Waals surface area (Å²) in [5.74, 6) is -1.31. The number of nitrogens with zero attached hydrogens (tertiary/aromatic N) is 1. The molecule has 3 aromatic rings. The molecule has 1 saturated heterocycles. The van der Waals surface area contributed by atoms with Crippen molar-refractivity contribution in [3.8, 4) is 0 Å². The van der Waals surface area contributed by atoms with Crippen LogP contribution in [-0.2, 0) is 14.2 Å². The van der Waals surface area contributed by atoms with E-state index in [0.29, 0.717) is 10.8 Å². The van der Waals surface area contributed by atoms with Gasteiger partial charge in [0.2, 0.25) is 0 Å². The van der Waals surface area contributed by atoms with E-state index in [2.05, 4.69) is 4.98 Å². The van der Waals surface area contributed by atoms with Gasteiger partial charge in [0, 0.05) is 0 Å². The van der Waals surface area contributed by atoms with Crippen molar-refractivity contribution in [2.24, 2.45) is 0 Å². The minimum Gasteiger partial charge on any atom is -0.459 e. The van der Waals surface area contributed by atoms with E-state index in [1.165, 1.54) is 18.0 Å². The number of hydrogen-bond donors (Lipinski definition) is 2. The lowest BCUT2D eigenvalue weighted by atomic mass is 9.93. The van der Waals surface area contributed by atoms with Crippen LogP contribution in [0, 0.1) is 0 Å². The number of hydrogen-bond acceptors (Lipinski definition) is 10. The number of rotatable bonds is 8. The van der Waals surface area contributed by atoms with E-state index in [9.17, 15) is 19.8 Å². The van der Waals surface area contributed by atoms with E-state index in [4.69, 9.17) is 18.6 Å². The molecule has 0 amide bonds. The third-order valence-electron chi connectivity index (χ3n) is 5.34. The number of benzene rings is 2. The lowest BCUT2D eigenvalue weighted by Crippen LogP contribution is -2.51. The quantitative estimate of drug-likeness (QED) is 0.363. The Balaban J connectivity index is 1.56. The smallest absolute Gasteiger partial charge is 0.338 e. The molecule has 4 rings (SSSR count). The molecule has 2 N–H and O–H groups in total. The Hall–Kier alpha value is -3.18. The molecule has 1 aliphatic heterocycles. The summed E-state index contributed by atoms with van der Waals surface area (Å²) >= 11 is 1.25. The number of carbonyl (C=O) groups is 2. The number of aromatic nitrogens is 1. The van der Waals surface area contributed by atoms with Gasteiger partial charge in [-0.1, -0.05) is 48.2 Å². The van der Waals surface area contributed by atoms with Gasteiger partial charge in [-0.25, -0.2) is 14.6 Å². The van der Waals surface area contributed by atoms with Crippen LogP contribution in [0.4, 0.5) is 0 Å². The molecule has 178 valence electrons. The number of aliphatic hydroxyl groups excluding tert-OH is 1. The molecule has 34 heavy (non-hydrogen) atoms. The second-order valence-electron chi connectivity index (χ2n) is 7.69. The van der Waals surface area contributed by atoms with Gasteiger partial charge in [0.15, 0.2) is 17.5 Å². The SMILES string of the molecule is CSc1ncc([C@H](O)[C@@H]2OC[C@@](O)(COC(=O)c3ccccc3)[C@H]2OC(=O)c2ccccc2)o1. The molecule has 0 radical (unpaired) electrons. The third kappa shape index (κ3) is 5.15. The van der Waals surface area contributed by atoms with Crippen LogP contribution in [0.5, 0.6) is 0 Å². The Labute approximate surface area is 199 Å². The first-order valence-electron chi connectivity index (χ1n) is 10.4. The molecule has 0 saturated carbocycles. The van der Waals surface area contributed by atoms with Crippen molar-refractivity contribution in [2.75, 3.05) is 19.5 Å². The molecular formula is C24H23NO8S. The van der Waals surface area contributed by atoms with Crippen LogP contribution in [0.2, 0.25) is 0 Å². The van der Waals surface area contributed by atoms with Crippen molar-refractivity contribution < 1.29 is 38.4 Å². The standard InChI is InChI=1S/C24H23NO8S/c1-34-23-25-12-17(32-23)18(26)19-20(33-22(28)16-10-6-3-7-11-16)24(29,13-30-19)14-31-21(27)15-8-4-2-5-9-15/h2-12,18-20,26,29H,13-14H2,1H3/t18-,19-,20-,24+/m0/s1. The highest BCUT2D eigenvalue weighted by atomic mass is 32.2. The summed E-state index contributed by atoms with van der Waals surface area (Å²) in [6.07, 6.45) is -0.876. The molecular weight excluding hydrogens is 462 g/mol. The zero-order valence-electron chi connectivity index (χ0n) is 18.2. The topological polar surface area (TPSA) is 128 Å². The Morgan fingerprint density at radius 2 is 1.74 bits per heavy atom. The van der Waals surface area contributed by atoms with Gasteiger partial charge in [-0.15, -0.1) is 0 Å². The van der Waals surface area contributed by atoms with Crippen LogP contribution in [0.1, 0.15) is 32.6 Å². The highest BCUT2D eigenvalue weighted by molar-refractivity contribution is 7.98. The fourth-order valence-electron chi connectivity index (χ4n) is 3.54. The van der Waals surface area contributed by atoms with Gasteiger partial charge >= 0.3 is 11.9 Å². The highest BCUT2D eigenvalue weighted by Crippen LogP contribution is 2.36. The van der Waals surface area contributed by atoms with Crippen LogP contribution in [0.25, 0.3) is 0 Å². The molecule has 0 unspecified atom stereocenters.